The van der Waals surface area contributed by atoms with Gasteiger partial charge in [-0.15, -0.1) is 0 Å². The molecule has 0 bridgehead atoms. The summed E-state index contributed by atoms with van der Waals surface area (Å²) in [7, 11) is 5.61. The van der Waals surface area contributed by atoms with Crippen LogP contribution in [0.5, 0.6) is 0 Å². The Morgan fingerprint density at radius 2 is 1.13 bits per heavy atom. The fraction of sp³-hybridized carbons (Fsp3) is 0.417. The van der Waals surface area contributed by atoms with Crippen molar-refractivity contribution in [1.29, 1.82) is 0 Å². The highest BCUT2D eigenvalue weighted by molar-refractivity contribution is 8.09. The molecule has 0 aliphatic carbocycles. The normalized spacial score (nSPS) is 12.6. The van der Waals surface area contributed by atoms with Crippen molar-refractivity contribution in [3.63, 3.8) is 0 Å². The molecule has 0 aromatic heterocycles. The Hall–Kier alpha value is -1.85. The largest absolute Gasteiger partial charge is 0.480 e. The molecule has 0 aromatic carbocycles. The van der Waals surface area contributed by atoms with Gasteiger partial charge in [0, 0.05) is 12.0 Å². The van der Waals surface area contributed by atoms with Crippen molar-refractivity contribution < 1.29 is 42.6 Å². The zero-order valence-electron chi connectivity index (χ0n) is 13.0. The third kappa shape index (κ3) is 6.04. The third-order valence-electron chi connectivity index (χ3n) is 2.08. The van der Waals surface area contributed by atoms with Crippen LogP contribution in [0, 0.1) is 0 Å². The summed E-state index contributed by atoms with van der Waals surface area (Å²) in [5, 5.41) is 9.64. The van der Waals surface area contributed by atoms with Crippen molar-refractivity contribution in [2.75, 3.05) is 35.5 Å². The van der Waals surface area contributed by atoms with E-state index in [4.69, 9.17) is 4.18 Å². The molecule has 0 aliphatic heterocycles. The van der Waals surface area contributed by atoms with E-state index in [-0.39, 0.29) is 9.81 Å². The topological polar surface area (TPSA) is 118 Å². The van der Waals surface area contributed by atoms with Crippen molar-refractivity contribution in [3.05, 3.63) is 20.7 Å². The molecule has 0 spiro atoms. The maximum absolute atomic E-state index is 11.9. The summed E-state index contributed by atoms with van der Waals surface area (Å²) in [5.41, 5.74) is 0. The Morgan fingerprint density at radius 1 is 0.696 bits per heavy atom. The van der Waals surface area contributed by atoms with E-state index in [0.29, 0.717) is 23.8 Å². The zero-order chi connectivity index (χ0) is 18.0. The Bertz CT molecular complexity index is 525. The predicted octanol–water partition coefficient (Wildman–Crippen LogP) is 1.12. The van der Waals surface area contributed by atoms with Crippen molar-refractivity contribution in [1.82, 2.24) is 0 Å². The Kier molecular flexibility index (Phi) is 9.94. The van der Waals surface area contributed by atoms with E-state index in [9.17, 15) is 19.5 Å². The summed E-state index contributed by atoms with van der Waals surface area (Å²) < 4.78 is 22.9. The summed E-state index contributed by atoms with van der Waals surface area (Å²) >= 11 is 0.941. The highest BCUT2D eigenvalue weighted by atomic mass is 32.2. The minimum Gasteiger partial charge on any atom is -0.480 e. The fourth-order valence-electron chi connectivity index (χ4n) is 1.07. The van der Waals surface area contributed by atoms with Crippen LogP contribution in [0.3, 0.4) is 0 Å². The molecule has 1 N–H and O–H groups in total. The molecule has 130 valence electrons. The summed E-state index contributed by atoms with van der Waals surface area (Å²) in [6.45, 7) is 0. The van der Waals surface area contributed by atoms with Gasteiger partial charge in [0.2, 0.25) is 0 Å². The van der Waals surface area contributed by atoms with Crippen molar-refractivity contribution in [3.8, 4) is 0 Å². The van der Waals surface area contributed by atoms with Gasteiger partial charge >= 0.3 is 17.9 Å². The van der Waals surface area contributed by atoms with Crippen LogP contribution < -0.4 is 0 Å². The lowest BCUT2D eigenvalue weighted by molar-refractivity contribution is -0.138. The maximum Gasteiger partial charge on any atom is 0.352 e. The Morgan fingerprint density at radius 3 is 1.52 bits per heavy atom. The number of esters is 3. The van der Waals surface area contributed by atoms with E-state index in [1.807, 2.05) is 0 Å². The van der Waals surface area contributed by atoms with Crippen LogP contribution in [0.4, 0.5) is 0 Å². The number of thioether (sulfide) groups is 1. The number of aliphatic hydroxyl groups excluding tert-OH is 1. The second-order valence-corrected chi connectivity index (χ2v) is 5.25. The van der Waals surface area contributed by atoms with Crippen LogP contribution in [-0.2, 0) is 37.5 Å². The smallest absolute Gasteiger partial charge is 0.352 e. The van der Waals surface area contributed by atoms with Gasteiger partial charge in [-0.2, -0.15) is 0 Å². The van der Waals surface area contributed by atoms with Crippen LogP contribution in [0.25, 0.3) is 0 Å². The number of rotatable bonds is 8. The number of carbonyl (C=O) groups excluding carboxylic acids is 3. The van der Waals surface area contributed by atoms with Crippen LogP contribution in [0.2, 0.25) is 0 Å². The van der Waals surface area contributed by atoms with Gasteiger partial charge in [-0.05, 0) is 0 Å². The Labute approximate surface area is 141 Å². The van der Waals surface area contributed by atoms with Gasteiger partial charge in [0.15, 0.2) is 4.91 Å². The molecule has 0 atom stereocenters. The molecular weight excluding hydrogens is 352 g/mol. The first-order valence-corrected chi connectivity index (χ1v) is 7.28. The van der Waals surface area contributed by atoms with E-state index in [1.165, 1.54) is 7.11 Å². The molecule has 0 fully saturated rings. The number of methoxy groups -OCH3 is 4. The van der Waals surface area contributed by atoms with Gasteiger partial charge in [0.1, 0.15) is 9.81 Å². The second kappa shape index (κ2) is 10.8. The SMILES string of the molecule is COS/C(C(=O)OC)=C(/S/C(C(=O)OC)=C(\O)OC)C(=O)OC. The van der Waals surface area contributed by atoms with E-state index in [1.54, 1.807) is 0 Å². The van der Waals surface area contributed by atoms with Gasteiger partial charge in [0.25, 0.3) is 5.95 Å². The quantitative estimate of drug-likeness (QED) is 0.218. The summed E-state index contributed by atoms with van der Waals surface area (Å²) in [5.74, 6) is -3.63. The summed E-state index contributed by atoms with van der Waals surface area (Å²) in [6.07, 6.45) is 0. The highest BCUT2D eigenvalue weighted by Crippen LogP contribution is 2.36. The van der Waals surface area contributed by atoms with Gasteiger partial charge in [-0.25, -0.2) is 14.4 Å². The molecule has 0 aromatic rings. The van der Waals surface area contributed by atoms with Crippen LogP contribution in [-0.4, -0.2) is 58.6 Å². The molecule has 0 radical (unpaired) electrons. The number of hydrogen-bond donors (Lipinski definition) is 1. The minimum atomic E-state index is -0.984. The number of aliphatic hydroxyl groups is 1. The minimum absolute atomic E-state index is 0.280. The summed E-state index contributed by atoms with van der Waals surface area (Å²) in [4.78, 5) is 34.3. The van der Waals surface area contributed by atoms with Gasteiger partial charge in [-0.1, -0.05) is 11.8 Å². The van der Waals surface area contributed by atoms with Gasteiger partial charge in [0.05, 0.1) is 35.5 Å². The summed E-state index contributed by atoms with van der Waals surface area (Å²) in [6, 6.07) is 0. The average Bonchev–Trinajstić information content (AvgIpc) is 2.58. The first-order chi connectivity index (χ1) is 10.9. The molecule has 0 aliphatic rings. The predicted molar refractivity (Wildman–Crippen MR) is 81.9 cm³/mol. The molecule has 0 saturated carbocycles. The van der Waals surface area contributed by atoms with Crippen molar-refractivity contribution in [2.24, 2.45) is 0 Å². The lowest BCUT2D eigenvalue weighted by Crippen LogP contribution is -2.14. The highest BCUT2D eigenvalue weighted by Gasteiger charge is 2.30. The second-order valence-electron chi connectivity index (χ2n) is 3.32. The molecule has 23 heavy (non-hydrogen) atoms. The maximum atomic E-state index is 11.9. The lowest BCUT2D eigenvalue weighted by Gasteiger charge is -2.12. The van der Waals surface area contributed by atoms with Crippen LogP contribution in [0.15, 0.2) is 20.7 Å². The number of ether oxygens (including phenoxy) is 4. The van der Waals surface area contributed by atoms with E-state index in [2.05, 4.69) is 18.9 Å². The lowest BCUT2D eigenvalue weighted by atomic mass is 10.5. The van der Waals surface area contributed by atoms with Crippen molar-refractivity contribution >= 4 is 41.7 Å². The standard InChI is InChI=1S/C12H16O9S2/c1-17-9(13)6(7(23-21-5)10(14)18-2)22-8(11(15)19-3)12(16)20-4/h15H,1-5H3/b7-6+,11-8+. The Balaban J connectivity index is 6.12. The van der Waals surface area contributed by atoms with E-state index in [0.717, 1.165) is 28.4 Å². The van der Waals surface area contributed by atoms with E-state index < -0.39 is 28.8 Å². The first-order valence-electron chi connectivity index (χ1n) is 5.72. The zero-order valence-corrected chi connectivity index (χ0v) is 14.7. The molecule has 0 amide bonds. The number of carbonyl (C=O) groups is 3. The molecule has 0 unspecified atom stereocenters. The van der Waals surface area contributed by atoms with Crippen LogP contribution in [0.1, 0.15) is 0 Å². The van der Waals surface area contributed by atoms with Gasteiger partial charge in [-0.3, -0.25) is 0 Å². The molecule has 0 heterocycles. The third-order valence-corrected chi connectivity index (χ3v) is 4.03. The molecule has 0 saturated heterocycles. The fourth-order valence-corrected chi connectivity index (χ4v) is 2.66. The number of hydrogen-bond acceptors (Lipinski definition) is 11. The molecule has 0 rings (SSSR count). The average molecular weight is 368 g/mol. The molecular formula is C12H16O9S2. The van der Waals surface area contributed by atoms with Crippen molar-refractivity contribution in [2.45, 2.75) is 0 Å². The van der Waals surface area contributed by atoms with Crippen LogP contribution >= 0.6 is 23.8 Å². The first kappa shape index (κ1) is 21.1. The van der Waals surface area contributed by atoms with Gasteiger partial charge < -0.3 is 28.2 Å². The molecule has 9 nitrogen and oxygen atoms in total. The monoisotopic (exact) mass is 368 g/mol. The van der Waals surface area contributed by atoms with E-state index >= 15 is 0 Å². The molecule has 11 heteroatoms.